The van der Waals surface area contributed by atoms with Crippen LogP contribution in [0.4, 0.5) is 4.39 Å². The predicted molar refractivity (Wildman–Crippen MR) is 129 cm³/mol. The molecule has 1 aliphatic heterocycles. The number of carboxylic acids is 1. The molecule has 0 bridgehead atoms. The molecule has 1 fully saturated rings. The summed E-state index contributed by atoms with van der Waals surface area (Å²) in [4.78, 5) is 32.0. The SMILES string of the molecule is O=C(O)c1c(CN2CCC(O)(c3ccncc3)CC2)n(-c2ccccc2F)c(=O)c2ccccc12. The maximum atomic E-state index is 14.9. The number of halogens is 1. The van der Waals surface area contributed by atoms with Gasteiger partial charge in [-0.1, -0.05) is 30.3 Å². The summed E-state index contributed by atoms with van der Waals surface area (Å²) in [7, 11) is 0. The Labute approximate surface area is 200 Å². The van der Waals surface area contributed by atoms with Gasteiger partial charge in [-0.3, -0.25) is 19.2 Å². The van der Waals surface area contributed by atoms with Crippen LogP contribution in [0, 0.1) is 5.82 Å². The number of aromatic nitrogens is 2. The van der Waals surface area contributed by atoms with E-state index in [9.17, 15) is 24.2 Å². The first kappa shape index (κ1) is 22.9. The number of likely N-dealkylation sites (tertiary alicyclic amines) is 1. The van der Waals surface area contributed by atoms with Gasteiger partial charge in [0.1, 0.15) is 5.82 Å². The van der Waals surface area contributed by atoms with Gasteiger partial charge >= 0.3 is 5.97 Å². The highest BCUT2D eigenvalue weighted by molar-refractivity contribution is 6.04. The summed E-state index contributed by atoms with van der Waals surface area (Å²) in [6.07, 6.45) is 4.13. The molecule has 3 heterocycles. The summed E-state index contributed by atoms with van der Waals surface area (Å²) in [6.45, 7) is 1.05. The molecule has 0 saturated carbocycles. The third kappa shape index (κ3) is 4.11. The largest absolute Gasteiger partial charge is 0.478 e. The molecule has 0 atom stereocenters. The Morgan fingerprint density at radius 1 is 0.971 bits per heavy atom. The second-order valence-electron chi connectivity index (χ2n) is 8.81. The van der Waals surface area contributed by atoms with E-state index < -0.39 is 22.9 Å². The van der Waals surface area contributed by atoms with Crippen LogP contribution >= 0.6 is 0 Å². The summed E-state index contributed by atoms with van der Waals surface area (Å²) < 4.78 is 16.1. The number of fused-ring (bicyclic) bond motifs is 1. The van der Waals surface area contributed by atoms with Crippen LogP contribution in [0.2, 0.25) is 0 Å². The molecule has 0 spiro atoms. The molecule has 2 aromatic carbocycles. The van der Waals surface area contributed by atoms with Crippen molar-refractivity contribution in [2.75, 3.05) is 13.1 Å². The van der Waals surface area contributed by atoms with Crippen molar-refractivity contribution < 1.29 is 19.4 Å². The van der Waals surface area contributed by atoms with Crippen LogP contribution in [0.1, 0.15) is 34.5 Å². The Hall–Kier alpha value is -3.88. The van der Waals surface area contributed by atoms with Crippen LogP contribution in [0.3, 0.4) is 0 Å². The molecular formula is C27H24FN3O4. The van der Waals surface area contributed by atoms with E-state index in [0.717, 1.165) is 5.56 Å². The average molecular weight is 474 g/mol. The third-order valence-electron chi connectivity index (χ3n) is 6.77. The zero-order chi connectivity index (χ0) is 24.6. The Bertz CT molecular complexity index is 1460. The monoisotopic (exact) mass is 473 g/mol. The Morgan fingerprint density at radius 2 is 1.60 bits per heavy atom. The van der Waals surface area contributed by atoms with Gasteiger partial charge in [0.2, 0.25) is 0 Å². The van der Waals surface area contributed by atoms with Crippen molar-refractivity contribution >= 4 is 16.7 Å². The van der Waals surface area contributed by atoms with Gasteiger partial charge in [0, 0.05) is 42.8 Å². The van der Waals surface area contributed by atoms with E-state index in [1.165, 1.54) is 22.8 Å². The third-order valence-corrected chi connectivity index (χ3v) is 6.77. The molecule has 1 aliphatic rings. The molecule has 7 nitrogen and oxygen atoms in total. The maximum Gasteiger partial charge on any atom is 0.338 e. The van der Waals surface area contributed by atoms with Gasteiger partial charge < -0.3 is 10.2 Å². The van der Waals surface area contributed by atoms with Crippen molar-refractivity contribution in [2.24, 2.45) is 0 Å². The van der Waals surface area contributed by atoms with Gasteiger partial charge in [-0.2, -0.15) is 0 Å². The fourth-order valence-electron chi connectivity index (χ4n) is 4.92. The average Bonchev–Trinajstić information content (AvgIpc) is 2.87. The number of benzene rings is 2. The molecule has 2 N–H and O–H groups in total. The second kappa shape index (κ2) is 9.05. The van der Waals surface area contributed by atoms with Crippen molar-refractivity contribution in [2.45, 2.75) is 25.0 Å². The highest BCUT2D eigenvalue weighted by Gasteiger charge is 2.35. The zero-order valence-corrected chi connectivity index (χ0v) is 18.9. The first-order valence-corrected chi connectivity index (χ1v) is 11.4. The number of aromatic carboxylic acids is 1. The summed E-state index contributed by atoms with van der Waals surface area (Å²) in [5.41, 5.74) is -0.516. The standard InChI is InChI=1S/C27H24FN3O4/c28-21-7-3-4-8-22(21)31-23(24(26(33)34)19-5-1-2-6-20(19)25(31)32)17-30-15-11-27(35,12-16-30)18-9-13-29-14-10-18/h1-10,13-14,35H,11-12,15-17H2,(H,33,34). The molecular weight excluding hydrogens is 449 g/mol. The summed E-state index contributed by atoms with van der Waals surface area (Å²) >= 11 is 0. The minimum Gasteiger partial charge on any atom is -0.478 e. The Kier molecular flexibility index (Phi) is 5.92. The van der Waals surface area contributed by atoms with Crippen LogP contribution in [0.15, 0.2) is 77.9 Å². The van der Waals surface area contributed by atoms with Crippen molar-refractivity contribution in [3.05, 3.63) is 106 Å². The number of aliphatic hydroxyl groups is 1. The van der Waals surface area contributed by atoms with E-state index in [1.807, 2.05) is 4.90 Å². The van der Waals surface area contributed by atoms with Crippen molar-refractivity contribution in [3.8, 4) is 5.69 Å². The van der Waals surface area contributed by atoms with Gasteiger partial charge in [-0.15, -0.1) is 0 Å². The topological polar surface area (TPSA) is 95.7 Å². The van der Waals surface area contributed by atoms with Crippen LogP contribution < -0.4 is 5.56 Å². The second-order valence-corrected chi connectivity index (χ2v) is 8.81. The van der Waals surface area contributed by atoms with Crippen LogP contribution in [-0.2, 0) is 12.1 Å². The number of para-hydroxylation sites is 1. The number of hydrogen-bond acceptors (Lipinski definition) is 5. The van der Waals surface area contributed by atoms with Crippen molar-refractivity contribution in [1.29, 1.82) is 0 Å². The van der Waals surface area contributed by atoms with Crippen LogP contribution in [-0.4, -0.2) is 43.7 Å². The maximum absolute atomic E-state index is 14.9. The van der Waals surface area contributed by atoms with E-state index in [4.69, 9.17) is 0 Å². The molecule has 2 aromatic heterocycles. The van der Waals surface area contributed by atoms with E-state index in [0.29, 0.717) is 31.3 Å². The van der Waals surface area contributed by atoms with Crippen molar-refractivity contribution in [1.82, 2.24) is 14.5 Å². The smallest absolute Gasteiger partial charge is 0.338 e. The number of carboxylic acid groups (broad SMARTS) is 1. The fourth-order valence-corrected chi connectivity index (χ4v) is 4.92. The van der Waals surface area contributed by atoms with E-state index in [-0.39, 0.29) is 28.9 Å². The predicted octanol–water partition coefficient (Wildman–Crippen LogP) is 3.71. The molecule has 0 amide bonds. The first-order chi connectivity index (χ1) is 16.9. The van der Waals surface area contributed by atoms with Gasteiger partial charge in [-0.05, 0) is 48.7 Å². The van der Waals surface area contributed by atoms with Crippen LogP contribution in [0.5, 0.6) is 0 Å². The van der Waals surface area contributed by atoms with E-state index in [1.54, 1.807) is 54.9 Å². The Morgan fingerprint density at radius 3 is 2.26 bits per heavy atom. The fraction of sp³-hybridized carbons (Fsp3) is 0.222. The van der Waals surface area contributed by atoms with Gasteiger partial charge in [0.15, 0.2) is 0 Å². The quantitative estimate of drug-likeness (QED) is 0.459. The van der Waals surface area contributed by atoms with E-state index in [2.05, 4.69) is 4.98 Å². The van der Waals surface area contributed by atoms with E-state index >= 15 is 0 Å². The Balaban J connectivity index is 1.60. The normalized spacial score (nSPS) is 15.8. The molecule has 0 aliphatic carbocycles. The summed E-state index contributed by atoms with van der Waals surface area (Å²) in [6, 6.07) is 15.9. The molecule has 0 radical (unpaired) electrons. The highest BCUT2D eigenvalue weighted by Crippen LogP contribution is 2.34. The lowest BCUT2D eigenvalue weighted by atomic mass is 9.85. The summed E-state index contributed by atoms with van der Waals surface area (Å²) in [5, 5.41) is 21.9. The number of nitrogens with zero attached hydrogens (tertiary/aromatic N) is 3. The van der Waals surface area contributed by atoms with Gasteiger partial charge in [-0.25, -0.2) is 9.18 Å². The molecule has 8 heteroatoms. The number of carbonyl (C=O) groups is 1. The minimum absolute atomic E-state index is 0.00560. The molecule has 1 saturated heterocycles. The first-order valence-electron chi connectivity index (χ1n) is 11.4. The van der Waals surface area contributed by atoms with Crippen LogP contribution in [0.25, 0.3) is 16.5 Å². The number of piperidine rings is 1. The minimum atomic E-state index is -1.19. The molecule has 4 aromatic rings. The number of rotatable bonds is 5. The molecule has 5 rings (SSSR count). The van der Waals surface area contributed by atoms with Gasteiger partial charge in [0.05, 0.1) is 22.5 Å². The molecule has 0 unspecified atom stereocenters. The molecule has 178 valence electrons. The summed E-state index contributed by atoms with van der Waals surface area (Å²) in [5.74, 6) is -1.81. The number of pyridine rings is 2. The van der Waals surface area contributed by atoms with Crippen molar-refractivity contribution in [3.63, 3.8) is 0 Å². The lowest BCUT2D eigenvalue weighted by Crippen LogP contribution is -2.43. The lowest BCUT2D eigenvalue weighted by molar-refractivity contribution is -0.0282. The highest BCUT2D eigenvalue weighted by atomic mass is 19.1. The number of hydrogen-bond donors (Lipinski definition) is 2. The zero-order valence-electron chi connectivity index (χ0n) is 18.9. The lowest BCUT2D eigenvalue weighted by Gasteiger charge is -2.39. The van der Waals surface area contributed by atoms with Gasteiger partial charge in [0.25, 0.3) is 5.56 Å². The molecule has 35 heavy (non-hydrogen) atoms.